The molecule has 162 valence electrons. The molecule has 32 heavy (non-hydrogen) atoms. The number of carboxylic acids is 1. The number of aliphatic hydroxyl groups excluding tert-OH is 2. The van der Waals surface area contributed by atoms with Gasteiger partial charge in [0.2, 0.25) is 0 Å². The van der Waals surface area contributed by atoms with Gasteiger partial charge >= 0.3 is 59.1 Å². The molecule has 8 heteroatoms. The maximum atomic E-state index is 11.6. The fourth-order valence-electron chi connectivity index (χ4n) is 4.06. The number of fused-ring (bicyclic) bond motifs is 1. The van der Waals surface area contributed by atoms with Crippen LogP contribution in [0.3, 0.4) is 0 Å². The molecule has 1 aliphatic carbocycles. The average molecular weight is 457 g/mol. The first-order valence-corrected chi connectivity index (χ1v) is 10.6. The number of aryl methyl sites for hydroxylation is 2. The van der Waals surface area contributed by atoms with Gasteiger partial charge in [-0.05, 0) is 72.8 Å². The van der Waals surface area contributed by atoms with E-state index in [9.17, 15) is 25.2 Å². The summed E-state index contributed by atoms with van der Waals surface area (Å²) in [7, 11) is 0. The molecule has 0 aromatic heterocycles. The summed E-state index contributed by atoms with van der Waals surface area (Å²) in [6.07, 6.45) is 4.55. The SMILES string of the molecule is O=C([O-])CCCCc1ccc2c(c1)C[C@@H](NCC(O)c1ccc([O-])c(CO)c1)CC2.[Na+].[Na+]. The first-order chi connectivity index (χ1) is 14.5. The number of hydrogen-bond acceptors (Lipinski definition) is 6. The maximum Gasteiger partial charge on any atom is 1.00 e. The molecule has 1 unspecified atom stereocenters. The van der Waals surface area contributed by atoms with E-state index in [1.54, 1.807) is 12.1 Å². The summed E-state index contributed by atoms with van der Waals surface area (Å²) in [5.41, 5.74) is 4.81. The smallest absolute Gasteiger partial charge is 0.872 e. The zero-order chi connectivity index (χ0) is 21.5. The standard InChI is InChI=1S/C24H31NO5.2Na/c26-15-20-12-18(8-10-22(20)27)23(28)14-25-21-9-7-17-6-5-16(11-19(17)13-21)3-1-2-4-24(29)30;;/h5-6,8,10-12,21,23,25-28H,1-4,7,9,13-15H2,(H,29,30);;/q;2*+1/p-2/t21-,23?;;/m0../s1. The van der Waals surface area contributed by atoms with Gasteiger partial charge in [-0.25, -0.2) is 0 Å². The van der Waals surface area contributed by atoms with Crippen molar-refractivity contribution in [2.45, 2.75) is 63.7 Å². The first-order valence-electron chi connectivity index (χ1n) is 10.6. The molecule has 0 aliphatic heterocycles. The third-order valence-corrected chi connectivity index (χ3v) is 5.84. The minimum Gasteiger partial charge on any atom is -0.872 e. The molecular weight excluding hydrogens is 428 g/mol. The Bertz CT molecular complexity index is 877. The normalized spacial score (nSPS) is 15.8. The molecule has 0 spiro atoms. The van der Waals surface area contributed by atoms with Crippen LogP contribution in [0.25, 0.3) is 0 Å². The molecule has 0 heterocycles. The Labute approximate surface area is 234 Å². The van der Waals surface area contributed by atoms with Crippen molar-refractivity contribution in [2.75, 3.05) is 6.54 Å². The Morgan fingerprint density at radius 3 is 2.62 bits per heavy atom. The second-order valence-electron chi connectivity index (χ2n) is 8.07. The van der Waals surface area contributed by atoms with E-state index in [4.69, 9.17) is 0 Å². The second kappa shape index (κ2) is 14.8. The molecule has 0 radical (unpaired) electrons. The van der Waals surface area contributed by atoms with E-state index in [0.29, 0.717) is 24.1 Å². The van der Waals surface area contributed by atoms with Gasteiger partial charge < -0.3 is 30.5 Å². The van der Waals surface area contributed by atoms with Crippen molar-refractivity contribution in [3.05, 3.63) is 64.2 Å². The van der Waals surface area contributed by atoms with Crippen molar-refractivity contribution in [2.24, 2.45) is 0 Å². The van der Waals surface area contributed by atoms with E-state index in [2.05, 4.69) is 23.5 Å². The van der Waals surface area contributed by atoms with Crippen molar-refractivity contribution in [3.63, 3.8) is 0 Å². The van der Waals surface area contributed by atoms with Crippen molar-refractivity contribution < 1.29 is 84.3 Å². The van der Waals surface area contributed by atoms with Crippen LogP contribution in [0.2, 0.25) is 0 Å². The summed E-state index contributed by atoms with van der Waals surface area (Å²) in [4.78, 5) is 10.5. The van der Waals surface area contributed by atoms with Crippen molar-refractivity contribution in [1.29, 1.82) is 0 Å². The van der Waals surface area contributed by atoms with E-state index in [0.717, 1.165) is 32.1 Å². The van der Waals surface area contributed by atoms with E-state index < -0.39 is 12.1 Å². The van der Waals surface area contributed by atoms with Gasteiger partial charge in [0, 0.05) is 18.6 Å². The van der Waals surface area contributed by atoms with Crippen LogP contribution in [0, 0.1) is 0 Å². The van der Waals surface area contributed by atoms with Gasteiger partial charge in [-0.2, -0.15) is 0 Å². The van der Waals surface area contributed by atoms with Crippen LogP contribution in [-0.4, -0.2) is 28.8 Å². The van der Waals surface area contributed by atoms with Crippen LogP contribution in [-0.2, 0) is 30.7 Å². The van der Waals surface area contributed by atoms with Gasteiger partial charge in [-0.15, -0.1) is 5.75 Å². The number of aliphatic hydroxyl groups is 2. The van der Waals surface area contributed by atoms with Crippen LogP contribution in [0.1, 0.15) is 59.6 Å². The molecule has 0 bridgehead atoms. The molecule has 2 aromatic carbocycles. The van der Waals surface area contributed by atoms with Crippen LogP contribution in [0.4, 0.5) is 0 Å². The van der Waals surface area contributed by atoms with Gasteiger partial charge in [0.05, 0.1) is 12.7 Å². The Hall–Kier alpha value is -0.410. The molecule has 0 saturated carbocycles. The largest absolute Gasteiger partial charge is 1.00 e. The fraction of sp³-hybridized carbons (Fsp3) is 0.458. The predicted molar refractivity (Wildman–Crippen MR) is 110 cm³/mol. The third kappa shape index (κ3) is 8.75. The molecule has 0 amide bonds. The minimum atomic E-state index is -0.993. The summed E-state index contributed by atoms with van der Waals surface area (Å²) < 4.78 is 0. The van der Waals surface area contributed by atoms with Crippen LogP contribution < -0.4 is 74.6 Å². The van der Waals surface area contributed by atoms with E-state index >= 15 is 0 Å². The molecule has 1 aliphatic rings. The molecule has 0 saturated heterocycles. The summed E-state index contributed by atoms with van der Waals surface area (Å²) in [5, 5.41) is 45.3. The Balaban J connectivity index is 0.00000256. The van der Waals surface area contributed by atoms with Crippen LogP contribution in [0.15, 0.2) is 36.4 Å². The Kier molecular flexibility index (Phi) is 13.7. The van der Waals surface area contributed by atoms with E-state index in [1.807, 2.05) is 0 Å². The Morgan fingerprint density at radius 1 is 1.12 bits per heavy atom. The van der Waals surface area contributed by atoms with Crippen molar-refractivity contribution in [3.8, 4) is 5.75 Å². The van der Waals surface area contributed by atoms with Crippen molar-refractivity contribution >= 4 is 5.97 Å². The maximum absolute atomic E-state index is 11.6. The zero-order valence-corrected chi connectivity index (χ0v) is 23.1. The van der Waals surface area contributed by atoms with Crippen LogP contribution in [0.5, 0.6) is 5.75 Å². The fourth-order valence-corrected chi connectivity index (χ4v) is 4.06. The number of nitrogens with one attached hydrogen (secondary N) is 1. The van der Waals surface area contributed by atoms with Crippen molar-refractivity contribution in [1.82, 2.24) is 5.32 Å². The minimum absolute atomic E-state index is 0. The van der Waals surface area contributed by atoms with Gasteiger partial charge in [0.25, 0.3) is 0 Å². The average Bonchev–Trinajstić information content (AvgIpc) is 2.75. The summed E-state index contributed by atoms with van der Waals surface area (Å²) >= 11 is 0. The number of hydrogen-bond donors (Lipinski definition) is 3. The van der Waals surface area contributed by atoms with Crippen LogP contribution >= 0.6 is 0 Å². The molecule has 2 atom stereocenters. The van der Waals surface area contributed by atoms with E-state index in [1.165, 1.54) is 22.8 Å². The topological polar surface area (TPSA) is 116 Å². The quantitative estimate of drug-likeness (QED) is 0.243. The summed E-state index contributed by atoms with van der Waals surface area (Å²) in [5.74, 6) is -1.21. The predicted octanol–water partition coefficient (Wildman–Crippen LogP) is -5.10. The second-order valence-corrected chi connectivity index (χ2v) is 8.07. The monoisotopic (exact) mass is 457 g/mol. The molecule has 0 fully saturated rings. The molecule has 6 nitrogen and oxygen atoms in total. The van der Waals surface area contributed by atoms with E-state index in [-0.39, 0.29) is 83.9 Å². The molecule has 3 N–H and O–H groups in total. The molecule has 2 aromatic rings. The van der Waals surface area contributed by atoms with Gasteiger partial charge in [0.1, 0.15) is 0 Å². The number of benzene rings is 2. The number of carbonyl (C=O) groups excluding carboxylic acids is 1. The van der Waals surface area contributed by atoms with Gasteiger partial charge in [-0.3, -0.25) is 0 Å². The Morgan fingerprint density at radius 2 is 1.91 bits per heavy atom. The number of carbonyl (C=O) groups is 1. The summed E-state index contributed by atoms with van der Waals surface area (Å²) in [6.45, 7) is 0.0494. The number of carboxylic acid groups (broad SMARTS) is 1. The van der Waals surface area contributed by atoms with Gasteiger partial charge in [0.15, 0.2) is 0 Å². The summed E-state index contributed by atoms with van der Waals surface area (Å²) in [6, 6.07) is 11.4. The first kappa shape index (κ1) is 29.6. The number of rotatable bonds is 10. The number of aliphatic carboxylic acids is 1. The molecule has 3 rings (SSSR count). The number of unbranched alkanes of at least 4 members (excludes halogenated alkanes) is 1. The zero-order valence-electron chi connectivity index (χ0n) is 19.1. The molecular formula is C24H29NNa2O5. The van der Waals surface area contributed by atoms with Gasteiger partial charge in [-0.1, -0.05) is 36.4 Å². The third-order valence-electron chi connectivity index (χ3n) is 5.84.